The van der Waals surface area contributed by atoms with Crippen molar-refractivity contribution < 1.29 is 14.3 Å². The molecule has 1 aromatic heterocycles. The first-order valence-corrected chi connectivity index (χ1v) is 7.44. The normalized spacial score (nSPS) is 17.6. The van der Waals surface area contributed by atoms with Crippen molar-refractivity contribution in [2.24, 2.45) is 0 Å². The van der Waals surface area contributed by atoms with Crippen molar-refractivity contribution in [3.8, 4) is 0 Å². The van der Waals surface area contributed by atoms with E-state index in [1.807, 2.05) is 26.0 Å². The van der Waals surface area contributed by atoms with E-state index >= 15 is 0 Å². The summed E-state index contributed by atoms with van der Waals surface area (Å²) in [5.74, 6) is -0.345. The van der Waals surface area contributed by atoms with E-state index in [1.54, 1.807) is 11.0 Å². The molecule has 0 radical (unpaired) electrons. The molecule has 1 aliphatic rings. The molecule has 0 saturated carbocycles. The zero-order valence-electron chi connectivity index (χ0n) is 12.3. The molecule has 116 valence electrons. The second kappa shape index (κ2) is 5.61. The molecule has 3 rings (SSSR count). The smallest absolute Gasteiger partial charge is 0.326 e. The summed E-state index contributed by atoms with van der Waals surface area (Å²) in [6.45, 7) is 4.26. The minimum Gasteiger partial charge on any atom is -0.480 e. The summed E-state index contributed by atoms with van der Waals surface area (Å²) in [6.07, 6.45) is 0.309. The molecule has 1 atom stereocenters. The monoisotopic (exact) mass is 321 g/mol. The molecule has 1 aliphatic heterocycles. The highest BCUT2D eigenvalue weighted by molar-refractivity contribution is 6.31. The van der Waals surface area contributed by atoms with E-state index in [-0.39, 0.29) is 11.9 Å². The number of carboxylic acids is 1. The first-order valence-electron chi connectivity index (χ1n) is 7.06. The van der Waals surface area contributed by atoms with E-state index < -0.39 is 12.0 Å². The van der Waals surface area contributed by atoms with Gasteiger partial charge in [-0.2, -0.15) is 0 Å². The fraction of sp³-hybridized carbons (Fsp3) is 0.400. The highest BCUT2D eigenvalue weighted by Gasteiger charge is 2.35. The fourth-order valence-corrected chi connectivity index (χ4v) is 2.85. The van der Waals surface area contributed by atoms with Crippen LogP contribution in [0.25, 0.3) is 0 Å². The number of benzene rings is 1. The minimum atomic E-state index is -0.935. The molecule has 22 heavy (non-hydrogen) atoms. The molecular weight excluding hydrogens is 306 g/mol. The minimum absolute atomic E-state index is 0.0936. The van der Waals surface area contributed by atoms with Crippen molar-refractivity contribution in [3.63, 3.8) is 0 Å². The summed E-state index contributed by atoms with van der Waals surface area (Å²) in [5, 5.41) is 18.1. The fourth-order valence-electron chi connectivity index (χ4n) is 2.57. The van der Waals surface area contributed by atoms with Crippen LogP contribution in [0.5, 0.6) is 0 Å². The molecule has 0 unspecified atom stereocenters. The maximum Gasteiger partial charge on any atom is 0.326 e. The summed E-state index contributed by atoms with van der Waals surface area (Å²) in [7, 11) is 0. The van der Waals surface area contributed by atoms with Gasteiger partial charge in [0.15, 0.2) is 0 Å². The molecule has 0 amide bonds. The van der Waals surface area contributed by atoms with E-state index in [9.17, 15) is 9.90 Å². The summed E-state index contributed by atoms with van der Waals surface area (Å²) >= 11 is 6.19. The molecule has 0 aliphatic carbocycles. The van der Waals surface area contributed by atoms with Gasteiger partial charge >= 0.3 is 12.0 Å². The van der Waals surface area contributed by atoms with E-state index in [0.29, 0.717) is 23.9 Å². The van der Waals surface area contributed by atoms with Gasteiger partial charge in [0, 0.05) is 23.9 Å². The maximum absolute atomic E-state index is 11.6. The lowest BCUT2D eigenvalue weighted by Crippen LogP contribution is -2.46. The second-order valence-electron chi connectivity index (χ2n) is 5.64. The second-order valence-corrected chi connectivity index (χ2v) is 6.05. The number of hydrogen-bond acceptors (Lipinski definition) is 5. The van der Waals surface area contributed by atoms with Gasteiger partial charge < -0.3 is 14.4 Å². The number of halogens is 1. The number of aromatic nitrogens is 2. The number of rotatable bonds is 3. The van der Waals surface area contributed by atoms with Crippen LogP contribution in [0.1, 0.15) is 36.8 Å². The summed E-state index contributed by atoms with van der Waals surface area (Å²) in [6, 6.07) is 5.04. The van der Waals surface area contributed by atoms with Gasteiger partial charge in [0.05, 0.1) is 0 Å². The highest BCUT2D eigenvalue weighted by atomic mass is 35.5. The molecule has 0 fully saturated rings. The largest absolute Gasteiger partial charge is 0.480 e. The van der Waals surface area contributed by atoms with Crippen LogP contribution in [0.15, 0.2) is 22.6 Å². The van der Waals surface area contributed by atoms with Crippen LogP contribution in [-0.4, -0.2) is 27.3 Å². The van der Waals surface area contributed by atoms with Crippen molar-refractivity contribution in [2.45, 2.75) is 38.8 Å². The van der Waals surface area contributed by atoms with Gasteiger partial charge in [-0.15, -0.1) is 5.10 Å². The van der Waals surface area contributed by atoms with Gasteiger partial charge in [0.2, 0.25) is 5.89 Å². The van der Waals surface area contributed by atoms with Crippen LogP contribution in [0.2, 0.25) is 5.02 Å². The third kappa shape index (κ3) is 2.54. The van der Waals surface area contributed by atoms with Crippen molar-refractivity contribution in [3.05, 3.63) is 40.2 Å². The first-order chi connectivity index (χ1) is 10.5. The molecule has 1 N–H and O–H groups in total. The van der Waals surface area contributed by atoms with Crippen molar-refractivity contribution in [2.75, 3.05) is 4.90 Å². The molecule has 0 spiro atoms. The van der Waals surface area contributed by atoms with Crippen LogP contribution < -0.4 is 4.90 Å². The molecule has 2 heterocycles. The van der Waals surface area contributed by atoms with Gasteiger partial charge in [-0.3, -0.25) is 0 Å². The van der Waals surface area contributed by atoms with Crippen molar-refractivity contribution in [1.29, 1.82) is 0 Å². The third-order valence-electron chi connectivity index (χ3n) is 3.78. The predicted molar refractivity (Wildman–Crippen MR) is 81.1 cm³/mol. The molecule has 6 nitrogen and oxygen atoms in total. The Hall–Kier alpha value is -2.08. The Bertz CT molecular complexity index is 714. The van der Waals surface area contributed by atoms with Gasteiger partial charge in [0.25, 0.3) is 0 Å². The lowest BCUT2D eigenvalue weighted by molar-refractivity contribution is -0.138. The van der Waals surface area contributed by atoms with Crippen LogP contribution in [0, 0.1) is 0 Å². The molecule has 0 saturated heterocycles. The maximum atomic E-state index is 11.6. The Balaban J connectivity index is 2.00. The zero-order valence-corrected chi connectivity index (χ0v) is 13.0. The predicted octanol–water partition coefficient (Wildman–Crippen LogP) is 2.86. The number of aliphatic carboxylic acids is 1. The molecule has 0 bridgehead atoms. The molecule has 1 aromatic carbocycles. The lowest BCUT2D eigenvalue weighted by Gasteiger charge is -2.33. The molecular formula is C15H16ClN3O3. The summed E-state index contributed by atoms with van der Waals surface area (Å²) in [4.78, 5) is 13.3. The Morgan fingerprint density at radius 3 is 2.86 bits per heavy atom. The Kier molecular flexibility index (Phi) is 3.78. The van der Waals surface area contributed by atoms with Crippen LogP contribution in [0.4, 0.5) is 6.01 Å². The van der Waals surface area contributed by atoms with Crippen molar-refractivity contribution >= 4 is 23.6 Å². The lowest BCUT2D eigenvalue weighted by atomic mass is 9.94. The van der Waals surface area contributed by atoms with E-state index in [0.717, 1.165) is 11.1 Å². The quantitative estimate of drug-likeness (QED) is 0.936. The first kappa shape index (κ1) is 14.8. The van der Waals surface area contributed by atoms with Crippen LogP contribution in [0.3, 0.4) is 0 Å². The number of nitrogens with zero attached hydrogens (tertiary/aromatic N) is 3. The Morgan fingerprint density at radius 2 is 2.23 bits per heavy atom. The van der Waals surface area contributed by atoms with Gasteiger partial charge in [-0.1, -0.05) is 42.7 Å². The highest BCUT2D eigenvalue weighted by Crippen LogP contribution is 2.32. The Morgan fingerprint density at radius 1 is 1.45 bits per heavy atom. The standard InChI is InChI=1S/C15H16ClN3O3/c1-8(2)13-17-18-15(22-13)19-7-9-4-3-5-11(16)10(9)6-12(19)14(20)21/h3-5,8,12H,6-7H2,1-2H3,(H,20,21)/t12-/m1/s1. The number of anilines is 1. The molecule has 7 heteroatoms. The third-order valence-corrected chi connectivity index (χ3v) is 4.14. The number of carboxylic acid groups (broad SMARTS) is 1. The molecule has 2 aromatic rings. The number of fused-ring (bicyclic) bond motifs is 1. The summed E-state index contributed by atoms with van der Waals surface area (Å²) < 4.78 is 5.62. The van der Waals surface area contributed by atoms with E-state index in [2.05, 4.69) is 10.2 Å². The number of hydrogen-bond donors (Lipinski definition) is 1. The average Bonchev–Trinajstić information content (AvgIpc) is 2.96. The average molecular weight is 322 g/mol. The number of carbonyl (C=O) groups is 1. The topological polar surface area (TPSA) is 79.5 Å². The SMILES string of the molecule is CC(C)c1nnc(N2Cc3cccc(Cl)c3C[C@@H]2C(=O)O)o1. The summed E-state index contributed by atoms with van der Waals surface area (Å²) in [5.41, 5.74) is 1.85. The van der Waals surface area contributed by atoms with Crippen molar-refractivity contribution in [1.82, 2.24) is 10.2 Å². The van der Waals surface area contributed by atoms with E-state index in [4.69, 9.17) is 16.0 Å². The van der Waals surface area contributed by atoms with Gasteiger partial charge in [-0.25, -0.2) is 4.79 Å². The van der Waals surface area contributed by atoms with Gasteiger partial charge in [-0.05, 0) is 17.2 Å². The van der Waals surface area contributed by atoms with Crippen LogP contribution >= 0.6 is 11.6 Å². The Labute approximate surface area is 132 Å². The van der Waals surface area contributed by atoms with Gasteiger partial charge in [0.1, 0.15) is 6.04 Å². The van der Waals surface area contributed by atoms with Crippen LogP contribution in [-0.2, 0) is 17.8 Å². The van der Waals surface area contributed by atoms with E-state index in [1.165, 1.54) is 0 Å². The zero-order chi connectivity index (χ0) is 15.9.